The fourth-order valence-electron chi connectivity index (χ4n) is 2.96. The Hall–Kier alpha value is -1.83. The molecule has 0 aliphatic carbocycles. The molecule has 1 aromatic heterocycles. The average molecular weight is 372 g/mol. The molecule has 0 saturated carbocycles. The van der Waals surface area contributed by atoms with E-state index in [1.807, 2.05) is 6.07 Å². The standard InChI is InChI=1S/C17H17ClF3N3O/c18-15-6-3-13(11-23-15)16(24-9-7-22-8-10-24)12-1-4-14(5-2-12)25-17(19,20)21/h1-6,11,16,22H,7-10H2/t16-/m0/s1. The fourth-order valence-corrected chi connectivity index (χ4v) is 3.07. The van der Waals surface area contributed by atoms with E-state index in [0.717, 1.165) is 37.3 Å². The Morgan fingerprint density at radius 1 is 1.04 bits per heavy atom. The first-order valence-electron chi connectivity index (χ1n) is 7.84. The Kier molecular flexibility index (Phi) is 5.46. The van der Waals surface area contributed by atoms with E-state index in [9.17, 15) is 13.2 Å². The van der Waals surface area contributed by atoms with E-state index >= 15 is 0 Å². The third-order valence-corrected chi connectivity index (χ3v) is 4.24. The zero-order chi connectivity index (χ0) is 17.9. The van der Waals surface area contributed by atoms with Gasteiger partial charge in [0.25, 0.3) is 0 Å². The van der Waals surface area contributed by atoms with Gasteiger partial charge in [-0.15, -0.1) is 13.2 Å². The summed E-state index contributed by atoms with van der Waals surface area (Å²) in [6, 6.07) is 9.48. The summed E-state index contributed by atoms with van der Waals surface area (Å²) in [4.78, 5) is 6.40. The molecule has 0 amide bonds. The number of pyridine rings is 1. The van der Waals surface area contributed by atoms with Crippen LogP contribution in [0.25, 0.3) is 0 Å². The van der Waals surface area contributed by atoms with Crippen molar-refractivity contribution in [3.05, 3.63) is 58.9 Å². The first-order valence-corrected chi connectivity index (χ1v) is 8.22. The minimum Gasteiger partial charge on any atom is -0.406 e. The monoisotopic (exact) mass is 371 g/mol. The zero-order valence-corrected chi connectivity index (χ0v) is 14.0. The van der Waals surface area contributed by atoms with Gasteiger partial charge in [0.15, 0.2) is 0 Å². The highest BCUT2D eigenvalue weighted by Gasteiger charge is 2.31. The van der Waals surface area contributed by atoms with Crippen molar-refractivity contribution in [1.29, 1.82) is 0 Å². The molecule has 0 unspecified atom stereocenters. The van der Waals surface area contributed by atoms with Crippen LogP contribution in [0, 0.1) is 0 Å². The van der Waals surface area contributed by atoms with Gasteiger partial charge in [-0.2, -0.15) is 0 Å². The number of rotatable bonds is 4. The minimum absolute atomic E-state index is 0.105. The summed E-state index contributed by atoms with van der Waals surface area (Å²) in [5.41, 5.74) is 1.82. The normalized spacial score (nSPS) is 17.3. The van der Waals surface area contributed by atoms with Crippen LogP contribution in [0.5, 0.6) is 5.75 Å². The number of piperazine rings is 1. The van der Waals surface area contributed by atoms with Gasteiger partial charge in [-0.05, 0) is 29.3 Å². The van der Waals surface area contributed by atoms with Crippen LogP contribution in [0.15, 0.2) is 42.6 Å². The molecule has 0 radical (unpaired) electrons. The maximum Gasteiger partial charge on any atom is 0.573 e. The quantitative estimate of drug-likeness (QED) is 0.833. The van der Waals surface area contributed by atoms with E-state index < -0.39 is 6.36 Å². The van der Waals surface area contributed by atoms with Crippen LogP contribution in [0.2, 0.25) is 5.15 Å². The minimum atomic E-state index is -4.69. The summed E-state index contributed by atoms with van der Waals surface area (Å²) < 4.78 is 41.0. The molecule has 0 spiro atoms. The van der Waals surface area contributed by atoms with E-state index in [1.165, 1.54) is 12.1 Å². The van der Waals surface area contributed by atoms with Gasteiger partial charge in [-0.1, -0.05) is 29.8 Å². The van der Waals surface area contributed by atoms with Crippen LogP contribution >= 0.6 is 11.6 Å². The molecule has 0 bridgehead atoms. The predicted molar refractivity (Wildman–Crippen MR) is 88.7 cm³/mol. The summed E-state index contributed by atoms with van der Waals surface area (Å²) in [7, 11) is 0. The van der Waals surface area contributed by atoms with Crippen LogP contribution in [-0.4, -0.2) is 42.4 Å². The molecular weight excluding hydrogens is 355 g/mol. The van der Waals surface area contributed by atoms with Crippen molar-refractivity contribution in [2.75, 3.05) is 26.2 Å². The summed E-state index contributed by atoms with van der Waals surface area (Å²) in [5.74, 6) is -0.232. The Balaban J connectivity index is 1.89. The van der Waals surface area contributed by atoms with Crippen molar-refractivity contribution in [1.82, 2.24) is 15.2 Å². The molecule has 8 heteroatoms. The van der Waals surface area contributed by atoms with Gasteiger partial charge in [0, 0.05) is 32.4 Å². The summed E-state index contributed by atoms with van der Waals surface area (Å²) >= 11 is 5.87. The second kappa shape index (κ2) is 7.59. The van der Waals surface area contributed by atoms with Crippen molar-refractivity contribution in [3.8, 4) is 5.75 Å². The van der Waals surface area contributed by atoms with Gasteiger partial charge < -0.3 is 10.1 Å². The second-order valence-corrected chi connectivity index (χ2v) is 6.11. The molecule has 1 fully saturated rings. The van der Waals surface area contributed by atoms with Crippen molar-refractivity contribution >= 4 is 11.6 Å². The van der Waals surface area contributed by atoms with Crippen LogP contribution in [0.1, 0.15) is 17.2 Å². The Labute approximate surface area is 148 Å². The van der Waals surface area contributed by atoms with Gasteiger partial charge in [0.05, 0.1) is 6.04 Å². The van der Waals surface area contributed by atoms with Gasteiger partial charge >= 0.3 is 6.36 Å². The molecule has 1 N–H and O–H groups in total. The van der Waals surface area contributed by atoms with E-state index in [1.54, 1.807) is 24.4 Å². The lowest BCUT2D eigenvalue weighted by molar-refractivity contribution is -0.274. The van der Waals surface area contributed by atoms with E-state index in [4.69, 9.17) is 11.6 Å². The van der Waals surface area contributed by atoms with Crippen molar-refractivity contribution in [2.24, 2.45) is 0 Å². The first-order chi connectivity index (χ1) is 11.9. The summed E-state index contributed by atoms with van der Waals surface area (Å²) in [5, 5.41) is 3.69. The van der Waals surface area contributed by atoms with Crippen LogP contribution in [0.4, 0.5) is 13.2 Å². The zero-order valence-electron chi connectivity index (χ0n) is 13.3. The maximum atomic E-state index is 12.3. The van der Waals surface area contributed by atoms with Gasteiger partial charge in [0.1, 0.15) is 10.9 Å². The molecule has 25 heavy (non-hydrogen) atoms. The molecule has 1 atom stereocenters. The molecule has 1 aliphatic rings. The topological polar surface area (TPSA) is 37.4 Å². The largest absolute Gasteiger partial charge is 0.573 e. The molecule has 4 nitrogen and oxygen atoms in total. The lowest BCUT2D eigenvalue weighted by atomic mass is 9.97. The number of nitrogens with one attached hydrogen (secondary N) is 1. The molecule has 2 heterocycles. The van der Waals surface area contributed by atoms with Gasteiger partial charge in [-0.25, -0.2) is 4.98 Å². The average Bonchev–Trinajstić information content (AvgIpc) is 2.58. The Morgan fingerprint density at radius 3 is 2.24 bits per heavy atom. The Morgan fingerprint density at radius 2 is 1.68 bits per heavy atom. The highest BCUT2D eigenvalue weighted by Crippen LogP contribution is 2.31. The highest BCUT2D eigenvalue weighted by molar-refractivity contribution is 6.29. The number of hydrogen-bond donors (Lipinski definition) is 1. The van der Waals surface area contributed by atoms with E-state index in [2.05, 4.69) is 19.9 Å². The number of aromatic nitrogens is 1. The summed E-state index contributed by atoms with van der Waals surface area (Å²) in [6.07, 6.45) is -2.99. The second-order valence-electron chi connectivity index (χ2n) is 5.72. The predicted octanol–water partition coefficient (Wildman–Crippen LogP) is 3.63. The Bertz CT molecular complexity index is 686. The maximum absolute atomic E-state index is 12.3. The fraction of sp³-hybridized carbons (Fsp3) is 0.353. The van der Waals surface area contributed by atoms with Crippen LogP contribution in [0.3, 0.4) is 0 Å². The number of nitrogens with zero attached hydrogens (tertiary/aromatic N) is 2. The SMILES string of the molecule is FC(F)(F)Oc1ccc([C@@H](c2ccc(Cl)nc2)N2CCNCC2)cc1. The third-order valence-electron chi connectivity index (χ3n) is 4.01. The van der Waals surface area contributed by atoms with Crippen LogP contribution < -0.4 is 10.1 Å². The molecular formula is C17H17ClF3N3O. The number of hydrogen-bond acceptors (Lipinski definition) is 4. The molecule has 1 aromatic carbocycles. The number of alkyl halides is 3. The molecule has 134 valence electrons. The molecule has 3 rings (SSSR count). The molecule has 1 saturated heterocycles. The number of halogens is 4. The first kappa shape index (κ1) is 18.0. The molecule has 1 aliphatic heterocycles. The number of benzene rings is 1. The van der Waals surface area contributed by atoms with Crippen molar-refractivity contribution in [2.45, 2.75) is 12.4 Å². The van der Waals surface area contributed by atoms with E-state index in [-0.39, 0.29) is 11.8 Å². The number of ether oxygens (including phenoxy) is 1. The lowest BCUT2D eigenvalue weighted by Crippen LogP contribution is -2.45. The van der Waals surface area contributed by atoms with Crippen molar-refractivity contribution < 1.29 is 17.9 Å². The van der Waals surface area contributed by atoms with Gasteiger partial charge in [-0.3, -0.25) is 4.90 Å². The lowest BCUT2D eigenvalue weighted by Gasteiger charge is -2.35. The van der Waals surface area contributed by atoms with Crippen LogP contribution in [-0.2, 0) is 0 Å². The summed E-state index contributed by atoms with van der Waals surface area (Å²) in [6.45, 7) is 3.36. The van der Waals surface area contributed by atoms with Gasteiger partial charge in [0.2, 0.25) is 0 Å². The van der Waals surface area contributed by atoms with E-state index in [0.29, 0.717) is 5.15 Å². The van der Waals surface area contributed by atoms with Crippen molar-refractivity contribution in [3.63, 3.8) is 0 Å². The smallest absolute Gasteiger partial charge is 0.406 e. The molecule has 2 aromatic rings. The highest BCUT2D eigenvalue weighted by atomic mass is 35.5. The third kappa shape index (κ3) is 4.84.